The quantitative estimate of drug-likeness (QED) is 0.779. The van der Waals surface area contributed by atoms with E-state index < -0.39 is 5.60 Å². The minimum Gasteiger partial charge on any atom is -0.385 e. The van der Waals surface area contributed by atoms with Crippen molar-refractivity contribution in [3.8, 4) is 0 Å². The van der Waals surface area contributed by atoms with Crippen molar-refractivity contribution in [2.24, 2.45) is 5.92 Å². The molecule has 0 aliphatic rings. The number of aryl methyl sites for hydroxylation is 1. The fourth-order valence-electron chi connectivity index (χ4n) is 1.97. The van der Waals surface area contributed by atoms with Crippen molar-refractivity contribution >= 4 is 0 Å². The Morgan fingerprint density at radius 3 is 2.29 bits per heavy atom. The SMILES string of the molecule is CCC(O)(c1ccccc1C)C(C)C. The van der Waals surface area contributed by atoms with Crippen LogP contribution in [-0.2, 0) is 5.60 Å². The lowest BCUT2D eigenvalue weighted by atomic mass is 9.79. The number of rotatable bonds is 3. The van der Waals surface area contributed by atoms with Crippen molar-refractivity contribution in [2.45, 2.75) is 39.7 Å². The average Bonchev–Trinajstić information content (AvgIpc) is 2.17. The lowest BCUT2D eigenvalue weighted by molar-refractivity contribution is -0.0145. The highest BCUT2D eigenvalue weighted by molar-refractivity contribution is 5.31. The van der Waals surface area contributed by atoms with E-state index >= 15 is 0 Å². The molecule has 1 N–H and O–H groups in total. The molecule has 1 aromatic rings. The maximum atomic E-state index is 10.5. The molecule has 0 bridgehead atoms. The molecule has 1 heteroatoms. The van der Waals surface area contributed by atoms with Gasteiger partial charge in [-0.3, -0.25) is 0 Å². The second kappa shape index (κ2) is 4.14. The van der Waals surface area contributed by atoms with E-state index in [0.29, 0.717) is 0 Å². The molecule has 0 heterocycles. The first-order valence-corrected chi connectivity index (χ1v) is 5.30. The van der Waals surface area contributed by atoms with Gasteiger partial charge in [0.1, 0.15) is 0 Å². The van der Waals surface area contributed by atoms with Gasteiger partial charge in [-0.25, -0.2) is 0 Å². The standard InChI is InChI=1S/C13H20O/c1-5-13(14,10(2)3)12-9-7-6-8-11(12)4/h6-10,14H,5H2,1-4H3. The maximum Gasteiger partial charge on any atom is 0.0919 e. The predicted molar refractivity (Wildman–Crippen MR) is 60.2 cm³/mol. The van der Waals surface area contributed by atoms with Gasteiger partial charge in [-0.05, 0) is 30.4 Å². The summed E-state index contributed by atoms with van der Waals surface area (Å²) in [7, 11) is 0. The molecule has 0 spiro atoms. The van der Waals surface area contributed by atoms with Crippen LogP contribution in [0.3, 0.4) is 0 Å². The van der Waals surface area contributed by atoms with E-state index in [-0.39, 0.29) is 5.92 Å². The smallest absolute Gasteiger partial charge is 0.0919 e. The highest BCUT2D eigenvalue weighted by Gasteiger charge is 2.31. The fourth-order valence-corrected chi connectivity index (χ4v) is 1.97. The van der Waals surface area contributed by atoms with Gasteiger partial charge in [0, 0.05) is 0 Å². The van der Waals surface area contributed by atoms with Gasteiger partial charge in [-0.1, -0.05) is 45.0 Å². The van der Waals surface area contributed by atoms with Gasteiger partial charge < -0.3 is 5.11 Å². The summed E-state index contributed by atoms with van der Waals surface area (Å²) in [6.45, 7) is 8.22. The van der Waals surface area contributed by atoms with Crippen LogP contribution in [0.15, 0.2) is 24.3 Å². The summed E-state index contributed by atoms with van der Waals surface area (Å²) in [6, 6.07) is 8.08. The Hall–Kier alpha value is -0.820. The van der Waals surface area contributed by atoms with Crippen molar-refractivity contribution in [1.82, 2.24) is 0 Å². The molecule has 0 amide bonds. The zero-order chi connectivity index (χ0) is 10.8. The molecule has 14 heavy (non-hydrogen) atoms. The zero-order valence-electron chi connectivity index (χ0n) is 9.54. The van der Waals surface area contributed by atoms with Crippen molar-refractivity contribution in [3.63, 3.8) is 0 Å². The van der Waals surface area contributed by atoms with Crippen LogP contribution in [-0.4, -0.2) is 5.11 Å². The van der Waals surface area contributed by atoms with Gasteiger partial charge in [0.2, 0.25) is 0 Å². The third kappa shape index (κ3) is 1.83. The molecule has 1 unspecified atom stereocenters. The largest absolute Gasteiger partial charge is 0.385 e. The van der Waals surface area contributed by atoms with Gasteiger partial charge in [-0.2, -0.15) is 0 Å². The summed E-state index contributed by atoms with van der Waals surface area (Å²) in [5, 5.41) is 10.5. The summed E-state index contributed by atoms with van der Waals surface area (Å²) in [5.74, 6) is 0.244. The Labute approximate surface area is 86.8 Å². The summed E-state index contributed by atoms with van der Waals surface area (Å²) < 4.78 is 0. The molecule has 0 saturated carbocycles. The zero-order valence-corrected chi connectivity index (χ0v) is 9.54. The molecule has 1 atom stereocenters. The van der Waals surface area contributed by atoms with Crippen LogP contribution >= 0.6 is 0 Å². The summed E-state index contributed by atoms with van der Waals surface area (Å²) in [5.41, 5.74) is 1.56. The van der Waals surface area contributed by atoms with E-state index in [1.165, 1.54) is 5.56 Å². The molecule has 0 aliphatic carbocycles. The van der Waals surface area contributed by atoms with Crippen molar-refractivity contribution in [3.05, 3.63) is 35.4 Å². The van der Waals surface area contributed by atoms with Crippen molar-refractivity contribution < 1.29 is 5.11 Å². The number of benzene rings is 1. The monoisotopic (exact) mass is 192 g/mol. The Morgan fingerprint density at radius 1 is 1.29 bits per heavy atom. The molecule has 0 aromatic heterocycles. The third-order valence-corrected chi connectivity index (χ3v) is 3.11. The van der Waals surface area contributed by atoms with Crippen molar-refractivity contribution in [2.75, 3.05) is 0 Å². The highest BCUT2D eigenvalue weighted by atomic mass is 16.3. The number of hydrogen-bond acceptors (Lipinski definition) is 1. The Bertz CT molecular complexity index is 304. The Kier molecular flexibility index (Phi) is 3.33. The second-order valence-corrected chi connectivity index (χ2v) is 4.25. The molecule has 0 aliphatic heterocycles. The maximum absolute atomic E-state index is 10.5. The van der Waals surface area contributed by atoms with E-state index in [1.54, 1.807) is 0 Å². The molecule has 0 radical (unpaired) electrons. The Morgan fingerprint density at radius 2 is 1.86 bits per heavy atom. The van der Waals surface area contributed by atoms with Crippen LogP contribution in [0.5, 0.6) is 0 Å². The second-order valence-electron chi connectivity index (χ2n) is 4.25. The fraction of sp³-hybridized carbons (Fsp3) is 0.538. The van der Waals surface area contributed by atoms with Gasteiger partial charge in [0.15, 0.2) is 0 Å². The molecule has 0 saturated heterocycles. The van der Waals surface area contributed by atoms with E-state index in [9.17, 15) is 5.11 Å². The summed E-state index contributed by atoms with van der Waals surface area (Å²) in [6.07, 6.45) is 0.759. The van der Waals surface area contributed by atoms with Gasteiger partial charge >= 0.3 is 0 Å². The summed E-state index contributed by atoms with van der Waals surface area (Å²) in [4.78, 5) is 0. The molecule has 0 fully saturated rings. The number of hydrogen-bond donors (Lipinski definition) is 1. The van der Waals surface area contributed by atoms with Crippen molar-refractivity contribution in [1.29, 1.82) is 0 Å². The highest BCUT2D eigenvalue weighted by Crippen LogP contribution is 2.34. The molecule has 1 nitrogen and oxygen atoms in total. The van der Waals surface area contributed by atoms with Gasteiger partial charge in [0.25, 0.3) is 0 Å². The van der Waals surface area contributed by atoms with Crippen LogP contribution in [0.1, 0.15) is 38.3 Å². The predicted octanol–water partition coefficient (Wildman–Crippen LogP) is 3.25. The van der Waals surface area contributed by atoms with Crippen LogP contribution in [0.2, 0.25) is 0 Å². The molecule has 78 valence electrons. The van der Waals surface area contributed by atoms with E-state index in [4.69, 9.17) is 0 Å². The van der Waals surface area contributed by atoms with Crippen LogP contribution in [0.25, 0.3) is 0 Å². The molecule has 1 aromatic carbocycles. The lowest BCUT2D eigenvalue weighted by Crippen LogP contribution is -2.31. The topological polar surface area (TPSA) is 20.2 Å². The summed E-state index contributed by atoms with van der Waals surface area (Å²) >= 11 is 0. The van der Waals surface area contributed by atoms with Crippen LogP contribution in [0.4, 0.5) is 0 Å². The molecule has 1 rings (SSSR count). The van der Waals surface area contributed by atoms with E-state index in [2.05, 4.69) is 26.8 Å². The van der Waals surface area contributed by atoms with Crippen LogP contribution < -0.4 is 0 Å². The van der Waals surface area contributed by atoms with Gasteiger partial charge in [0.05, 0.1) is 5.60 Å². The first-order valence-electron chi connectivity index (χ1n) is 5.30. The first-order chi connectivity index (χ1) is 6.52. The Balaban J connectivity index is 3.19. The lowest BCUT2D eigenvalue weighted by Gasteiger charge is -2.33. The molecular weight excluding hydrogens is 172 g/mol. The number of aliphatic hydroxyl groups is 1. The van der Waals surface area contributed by atoms with Gasteiger partial charge in [-0.15, -0.1) is 0 Å². The normalized spacial score (nSPS) is 15.6. The first kappa shape index (κ1) is 11.3. The van der Waals surface area contributed by atoms with E-state index in [0.717, 1.165) is 12.0 Å². The van der Waals surface area contributed by atoms with E-state index in [1.807, 2.05) is 25.1 Å². The third-order valence-electron chi connectivity index (χ3n) is 3.11. The average molecular weight is 192 g/mol. The minimum absolute atomic E-state index is 0.244. The van der Waals surface area contributed by atoms with Crippen LogP contribution in [0, 0.1) is 12.8 Å². The molecular formula is C13H20O. The minimum atomic E-state index is -0.675.